The van der Waals surface area contributed by atoms with Crippen LogP contribution in [0.25, 0.3) is 0 Å². The van der Waals surface area contributed by atoms with Gasteiger partial charge in [0.2, 0.25) is 5.91 Å². The van der Waals surface area contributed by atoms with Gasteiger partial charge in [-0.1, -0.05) is 12.1 Å². The van der Waals surface area contributed by atoms with Crippen molar-refractivity contribution in [1.82, 2.24) is 0 Å². The van der Waals surface area contributed by atoms with Gasteiger partial charge in [-0.3, -0.25) is 4.79 Å². The Morgan fingerprint density at radius 3 is 2.40 bits per heavy atom. The van der Waals surface area contributed by atoms with E-state index in [0.29, 0.717) is 22.1 Å². The molecule has 2 N–H and O–H groups in total. The van der Waals surface area contributed by atoms with Gasteiger partial charge in [-0.2, -0.15) is 0 Å². The van der Waals surface area contributed by atoms with E-state index >= 15 is 0 Å². The first-order valence-electron chi connectivity index (χ1n) is 7.48. The molecule has 0 aliphatic heterocycles. The number of amides is 1. The molecule has 25 heavy (non-hydrogen) atoms. The molecule has 0 aliphatic rings. The van der Waals surface area contributed by atoms with E-state index < -0.39 is 11.2 Å². The Balaban J connectivity index is 2.10. The van der Waals surface area contributed by atoms with Crippen LogP contribution >= 0.6 is 11.8 Å². The summed E-state index contributed by atoms with van der Waals surface area (Å²) in [7, 11) is 3.06. The quantitative estimate of drug-likeness (QED) is 0.734. The first-order valence-corrected chi connectivity index (χ1v) is 8.36. The number of carboxylic acid groups (broad SMARTS) is 1. The van der Waals surface area contributed by atoms with Crippen LogP contribution in [0.15, 0.2) is 47.4 Å². The van der Waals surface area contributed by atoms with Crippen molar-refractivity contribution in [2.24, 2.45) is 0 Å². The van der Waals surface area contributed by atoms with E-state index in [9.17, 15) is 14.7 Å². The number of carbonyl (C=O) groups excluding carboxylic acids is 1. The van der Waals surface area contributed by atoms with Crippen molar-refractivity contribution in [3.63, 3.8) is 0 Å². The van der Waals surface area contributed by atoms with Gasteiger partial charge < -0.3 is 19.9 Å². The van der Waals surface area contributed by atoms with E-state index in [1.165, 1.54) is 32.0 Å². The highest BCUT2D eigenvalue weighted by Crippen LogP contribution is 2.31. The number of aromatic carboxylic acids is 1. The zero-order valence-corrected chi connectivity index (χ0v) is 14.9. The van der Waals surface area contributed by atoms with Gasteiger partial charge in [0.15, 0.2) is 11.5 Å². The SMILES string of the molecule is COc1ccc(NC(=O)C(C)Sc2ccccc2C(=O)O)cc1OC. The first kappa shape index (κ1) is 18.7. The Morgan fingerprint density at radius 1 is 1.08 bits per heavy atom. The van der Waals surface area contributed by atoms with Crippen molar-refractivity contribution >= 4 is 29.3 Å². The molecule has 1 unspecified atom stereocenters. The minimum Gasteiger partial charge on any atom is -0.493 e. The molecule has 0 spiro atoms. The van der Waals surface area contributed by atoms with Gasteiger partial charge in [-0.25, -0.2) is 4.79 Å². The van der Waals surface area contributed by atoms with Crippen molar-refractivity contribution < 1.29 is 24.2 Å². The summed E-state index contributed by atoms with van der Waals surface area (Å²) in [5.74, 6) is -0.178. The van der Waals surface area contributed by atoms with Gasteiger partial charge in [0.05, 0.1) is 25.0 Å². The summed E-state index contributed by atoms with van der Waals surface area (Å²) in [6.07, 6.45) is 0. The minimum atomic E-state index is -1.02. The summed E-state index contributed by atoms with van der Waals surface area (Å²) in [4.78, 5) is 24.2. The van der Waals surface area contributed by atoms with Crippen LogP contribution in [0.1, 0.15) is 17.3 Å². The van der Waals surface area contributed by atoms with Crippen molar-refractivity contribution in [2.45, 2.75) is 17.1 Å². The highest BCUT2D eigenvalue weighted by atomic mass is 32.2. The van der Waals surface area contributed by atoms with Gasteiger partial charge in [0.1, 0.15) is 0 Å². The Bertz CT molecular complexity index is 778. The van der Waals surface area contributed by atoms with Crippen LogP contribution in [-0.2, 0) is 4.79 Å². The number of carboxylic acids is 1. The number of thioether (sulfide) groups is 1. The summed E-state index contributed by atoms with van der Waals surface area (Å²) in [5, 5.41) is 11.5. The number of rotatable bonds is 7. The maximum absolute atomic E-state index is 12.4. The highest BCUT2D eigenvalue weighted by molar-refractivity contribution is 8.00. The Kier molecular flexibility index (Phi) is 6.30. The molecule has 0 bridgehead atoms. The summed E-state index contributed by atoms with van der Waals surface area (Å²) < 4.78 is 10.4. The summed E-state index contributed by atoms with van der Waals surface area (Å²) in [5.41, 5.74) is 0.750. The number of hydrogen-bond donors (Lipinski definition) is 2. The third kappa shape index (κ3) is 4.67. The molecular formula is C18H19NO5S. The maximum Gasteiger partial charge on any atom is 0.336 e. The fourth-order valence-corrected chi connectivity index (χ4v) is 3.13. The van der Waals surface area contributed by atoms with Crippen LogP contribution in [0.2, 0.25) is 0 Å². The lowest BCUT2D eigenvalue weighted by molar-refractivity contribution is -0.115. The van der Waals surface area contributed by atoms with Crippen LogP contribution in [0.4, 0.5) is 5.69 Å². The van der Waals surface area contributed by atoms with Crippen LogP contribution in [0.3, 0.4) is 0 Å². The number of anilines is 1. The van der Waals surface area contributed by atoms with E-state index in [1.54, 1.807) is 43.3 Å². The Labute approximate surface area is 150 Å². The van der Waals surface area contributed by atoms with Crippen LogP contribution in [-0.4, -0.2) is 36.5 Å². The number of benzene rings is 2. The van der Waals surface area contributed by atoms with E-state index in [4.69, 9.17) is 9.47 Å². The van der Waals surface area contributed by atoms with Crippen molar-refractivity contribution in [3.8, 4) is 11.5 Å². The standard InChI is InChI=1S/C18H19NO5S/c1-11(25-16-7-5-4-6-13(16)18(21)22)17(20)19-12-8-9-14(23-2)15(10-12)24-3/h4-11H,1-3H3,(H,19,20)(H,21,22). The second-order valence-electron chi connectivity index (χ2n) is 5.12. The molecule has 2 aromatic rings. The molecule has 0 aliphatic carbocycles. The van der Waals surface area contributed by atoms with Crippen molar-refractivity contribution in [3.05, 3.63) is 48.0 Å². The number of methoxy groups -OCH3 is 2. The average Bonchev–Trinajstić information content (AvgIpc) is 2.61. The molecule has 0 aromatic heterocycles. The fourth-order valence-electron chi connectivity index (χ4n) is 2.15. The summed E-state index contributed by atoms with van der Waals surface area (Å²) in [6, 6.07) is 11.7. The second kappa shape index (κ2) is 8.43. The Hall–Kier alpha value is -2.67. The fraction of sp³-hybridized carbons (Fsp3) is 0.222. The molecule has 2 aromatic carbocycles. The van der Waals surface area contributed by atoms with Gasteiger partial charge in [0, 0.05) is 16.6 Å². The third-order valence-corrected chi connectivity index (χ3v) is 4.62. The molecule has 6 nitrogen and oxygen atoms in total. The van der Waals surface area contributed by atoms with E-state index in [1.807, 2.05) is 0 Å². The highest BCUT2D eigenvalue weighted by Gasteiger charge is 2.19. The molecule has 7 heteroatoms. The van der Waals surface area contributed by atoms with Crippen LogP contribution in [0, 0.1) is 0 Å². The predicted octanol–water partition coefficient (Wildman–Crippen LogP) is 3.52. The van der Waals surface area contributed by atoms with E-state index in [0.717, 1.165) is 0 Å². The number of nitrogens with one attached hydrogen (secondary N) is 1. The number of ether oxygens (including phenoxy) is 2. The largest absolute Gasteiger partial charge is 0.493 e. The zero-order chi connectivity index (χ0) is 18.4. The van der Waals surface area contributed by atoms with Crippen molar-refractivity contribution in [1.29, 1.82) is 0 Å². The van der Waals surface area contributed by atoms with Gasteiger partial charge in [-0.05, 0) is 31.2 Å². The molecule has 1 atom stereocenters. The summed E-state index contributed by atoms with van der Waals surface area (Å²) in [6.45, 7) is 1.72. The van der Waals surface area contributed by atoms with E-state index in [2.05, 4.69) is 5.32 Å². The van der Waals surface area contributed by atoms with Crippen molar-refractivity contribution in [2.75, 3.05) is 19.5 Å². The van der Waals surface area contributed by atoms with Crippen LogP contribution < -0.4 is 14.8 Å². The Morgan fingerprint density at radius 2 is 1.76 bits per heavy atom. The van der Waals surface area contributed by atoms with Crippen LogP contribution in [0.5, 0.6) is 11.5 Å². The minimum absolute atomic E-state index is 0.179. The molecule has 132 valence electrons. The predicted molar refractivity (Wildman–Crippen MR) is 96.9 cm³/mol. The van der Waals surface area contributed by atoms with Gasteiger partial charge >= 0.3 is 5.97 Å². The van der Waals surface area contributed by atoms with Gasteiger partial charge in [0.25, 0.3) is 0 Å². The second-order valence-corrected chi connectivity index (χ2v) is 6.50. The van der Waals surface area contributed by atoms with E-state index in [-0.39, 0.29) is 11.5 Å². The molecule has 2 rings (SSSR count). The molecule has 0 saturated carbocycles. The number of carbonyl (C=O) groups is 2. The zero-order valence-electron chi connectivity index (χ0n) is 14.1. The lowest BCUT2D eigenvalue weighted by Gasteiger charge is -2.14. The molecule has 1 amide bonds. The first-order chi connectivity index (χ1) is 12.0. The lowest BCUT2D eigenvalue weighted by Crippen LogP contribution is -2.22. The third-order valence-electron chi connectivity index (χ3n) is 3.44. The van der Waals surface area contributed by atoms with Gasteiger partial charge in [-0.15, -0.1) is 11.8 Å². The summed E-state index contributed by atoms with van der Waals surface area (Å²) >= 11 is 1.19. The monoisotopic (exact) mass is 361 g/mol. The normalized spacial score (nSPS) is 11.5. The molecule has 0 heterocycles. The molecule has 0 fully saturated rings. The maximum atomic E-state index is 12.4. The molecule has 0 saturated heterocycles. The molecule has 0 radical (unpaired) electrons. The topological polar surface area (TPSA) is 84.9 Å². The lowest BCUT2D eigenvalue weighted by atomic mass is 10.2. The smallest absolute Gasteiger partial charge is 0.336 e. The average molecular weight is 361 g/mol. The molecular weight excluding hydrogens is 342 g/mol. The number of hydrogen-bond acceptors (Lipinski definition) is 5.